The van der Waals surface area contributed by atoms with Gasteiger partial charge in [0, 0.05) is 6.04 Å². The Hall–Kier alpha value is -2.16. The van der Waals surface area contributed by atoms with Crippen LogP contribution in [-0.4, -0.2) is 57.2 Å². The fraction of sp³-hybridized carbons (Fsp3) is 0.667. The van der Waals surface area contributed by atoms with Gasteiger partial charge in [-0.25, -0.2) is 0 Å². The van der Waals surface area contributed by atoms with Gasteiger partial charge in [0.1, 0.15) is 11.8 Å². The molecular weight excluding hydrogens is 412 g/mol. The predicted octanol–water partition coefficient (Wildman–Crippen LogP) is 2.75. The number of phenols is 1. The first kappa shape index (κ1) is 29.8. The molecule has 1 amide bonds. The van der Waals surface area contributed by atoms with Crippen molar-refractivity contribution in [2.45, 2.75) is 91.5 Å². The van der Waals surface area contributed by atoms with Gasteiger partial charge in [0.05, 0.1) is 5.41 Å². The van der Waals surface area contributed by atoms with Crippen molar-refractivity contribution in [2.24, 2.45) is 5.41 Å². The van der Waals surface area contributed by atoms with Crippen molar-refractivity contribution in [1.29, 1.82) is 0 Å². The number of carbonyl (C=O) groups is 2. The van der Waals surface area contributed by atoms with Crippen molar-refractivity contribution in [1.82, 2.24) is 10.6 Å². The number of hydrogen-bond acceptors (Lipinski definition) is 6. The third kappa shape index (κ3) is 10.4. The quantitative estimate of drug-likeness (QED) is 0.299. The minimum atomic E-state index is -1.43. The molecule has 1 aromatic carbocycles. The van der Waals surface area contributed by atoms with Gasteiger partial charge in [0.15, 0.2) is 6.29 Å². The first-order chi connectivity index (χ1) is 14.7. The highest BCUT2D eigenvalue weighted by Crippen LogP contribution is 2.27. The van der Waals surface area contributed by atoms with Gasteiger partial charge in [-0.15, -0.1) is 0 Å². The largest absolute Gasteiger partial charge is 0.508 e. The molecule has 0 aromatic heterocycles. The van der Waals surface area contributed by atoms with Crippen LogP contribution in [0.25, 0.3) is 0 Å². The van der Waals surface area contributed by atoms with Gasteiger partial charge in [-0.1, -0.05) is 46.8 Å². The zero-order valence-electron chi connectivity index (χ0n) is 20.5. The van der Waals surface area contributed by atoms with Crippen molar-refractivity contribution >= 4 is 11.9 Å². The molecule has 1 rings (SSSR count). The average Bonchev–Trinajstić information content (AvgIpc) is 2.68. The van der Waals surface area contributed by atoms with E-state index in [0.717, 1.165) is 12.0 Å². The van der Waals surface area contributed by atoms with Crippen molar-refractivity contribution < 1.29 is 30.0 Å². The molecule has 0 heterocycles. The fourth-order valence-electron chi connectivity index (χ4n) is 3.15. The van der Waals surface area contributed by atoms with Crippen molar-refractivity contribution in [3.8, 4) is 5.75 Å². The number of nitrogens with one attached hydrogen (secondary N) is 2. The number of hydrogen-bond donors (Lipinski definition) is 6. The third-order valence-electron chi connectivity index (χ3n) is 5.38. The zero-order chi connectivity index (χ0) is 25.1. The molecule has 0 bridgehead atoms. The first-order valence-electron chi connectivity index (χ1n) is 11.1. The number of carboxylic acids is 1. The molecule has 0 spiro atoms. The van der Waals surface area contributed by atoms with Crippen LogP contribution in [0.3, 0.4) is 0 Å². The lowest BCUT2D eigenvalue weighted by Crippen LogP contribution is -2.49. The van der Waals surface area contributed by atoms with Crippen LogP contribution in [0.15, 0.2) is 24.3 Å². The van der Waals surface area contributed by atoms with Crippen LogP contribution in [-0.2, 0) is 15.0 Å². The minimum Gasteiger partial charge on any atom is -0.508 e. The van der Waals surface area contributed by atoms with Gasteiger partial charge in [0.25, 0.3) is 0 Å². The molecule has 6 N–H and O–H groups in total. The van der Waals surface area contributed by atoms with Gasteiger partial charge in [-0.2, -0.15) is 0 Å². The molecule has 0 aliphatic rings. The lowest BCUT2D eigenvalue weighted by Gasteiger charge is -2.34. The Morgan fingerprint density at radius 1 is 0.969 bits per heavy atom. The predicted molar refractivity (Wildman–Crippen MR) is 125 cm³/mol. The van der Waals surface area contributed by atoms with E-state index in [1.807, 2.05) is 13.8 Å². The number of likely N-dealkylation sites (N-methyl/N-ethyl adjacent to an activating group) is 1. The summed E-state index contributed by atoms with van der Waals surface area (Å²) in [5.74, 6) is -0.728. The molecule has 0 fully saturated rings. The Morgan fingerprint density at radius 3 is 1.88 bits per heavy atom. The van der Waals surface area contributed by atoms with Crippen molar-refractivity contribution in [3.05, 3.63) is 29.8 Å². The highest BCUT2D eigenvalue weighted by Gasteiger charge is 2.33. The number of carboxylic acid groups (broad SMARTS) is 1. The molecule has 32 heavy (non-hydrogen) atoms. The number of amides is 1. The molecule has 2 atom stereocenters. The van der Waals surface area contributed by atoms with Crippen LogP contribution in [0, 0.1) is 5.41 Å². The monoisotopic (exact) mass is 454 g/mol. The van der Waals surface area contributed by atoms with Crippen LogP contribution < -0.4 is 10.6 Å². The number of benzene rings is 1. The highest BCUT2D eigenvalue weighted by molar-refractivity contribution is 5.87. The summed E-state index contributed by atoms with van der Waals surface area (Å²) >= 11 is 0. The Labute approximate surface area is 192 Å². The lowest BCUT2D eigenvalue weighted by atomic mass is 9.81. The number of rotatable bonds is 10. The minimum absolute atomic E-state index is 0.0185. The molecule has 0 saturated heterocycles. The molecule has 0 saturated carbocycles. The van der Waals surface area contributed by atoms with E-state index in [2.05, 4.69) is 38.3 Å². The van der Waals surface area contributed by atoms with E-state index >= 15 is 0 Å². The van der Waals surface area contributed by atoms with Crippen LogP contribution in [0.2, 0.25) is 0 Å². The fourth-order valence-corrected chi connectivity index (χ4v) is 3.15. The average molecular weight is 455 g/mol. The maximum Gasteiger partial charge on any atom is 0.320 e. The van der Waals surface area contributed by atoms with E-state index in [1.54, 1.807) is 31.2 Å². The Kier molecular flexibility index (Phi) is 12.5. The second-order valence-corrected chi connectivity index (χ2v) is 9.48. The molecule has 0 aliphatic heterocycles. The van der Waals surface area contributed by atoms with Crippen LogP contribution in [0.5, 0.6) is 5.75 Å². The Balaban J connectivity index is 0.000000687. The topological polar surface area (TPSA) is 139 Å². The Bertz CT molecular complexity index is 695. The maximum atomic E-state index is 12.6. The van der Waals surface area contributed by atoms with Gasteiger partial charge in [-0.05, 0) is 62.8 Å². The summed E-state index contributed by atoms with van der Waals surface area (Å²) in [5, 5.41) is 40.8. The van der Waals surface area contributed by atoms with Crippen LogP contribution >= 0.6 is 0 Å². The SMILES string of the molecule is CCN[C@H](CCC(O)O)C(=O)O.CC[C@@H](NC(=O)C(C)(C)c1ccc(O)cc1)C(C)(C)C. The standard InChI is InChI=1S/C17H27NO2.C7H15NO4/c1-7-14(16(2,3)4)18-15(20)17(5,6)12-8-10-13(19)11-9-12;1-2-8-5(7(11)12)3-4-6(9)10/h8-11,14,19H,7H2,1-6H3,(H,18,20);5-6,8-10H,2-4H2,1H3,(H,11,12)/t14-;5-/m11/s1. The summed E-state index contributed by atoms with van der Waals surface area (Å²) in [6.07, 6.45) is -0.225. The summed E-state index contributed by atoms with van der Waals surface area (Å²) < 4.78 is 0. The molecule has 8 nitrogen and oxygen atoms in total. The second-order valence-electron chi connectivity index (χ2n) is 9.48. The van der Waals surface area contributed by atoms with E-state index in [0.29, 0.717) is 6.54 Å². The molecule has 184 valence electrons. The van der Waals surface area contributed by atoms with Gasteiger partial charge in [-0.3, -0.25) is 9.59 Å². The summed E-state index contributed by atoms with van der Waals surface area (Å²) in [7, 11) is 0. The van der Waals surface area contributed by atoms with E-state index < -0.39 is 23.7 Å². The normalized spacial score (nSPS) is 13.7. The molecule has 1 aromatic rings. The number of aromatic hydroxyl groups is 1. The van der Waals surface area contributed by atoms with Gasteiger partial charge >= 0.3 is 5.97 Å². The van der Waals surface area contributed by atoms with E-state index in [1.165, 1.54) is 0 Å². The van der Waals surface area contributed by atoms with E-state index in [9.17, 15) is 14.7 Å². The summed E-state index contributed by atoms with van der Waals surface area (Å²) in [5.41, 5.74) is 0.318. The first-order valence-corrected chi connectivity index (χ1v) is 11.1. The highest BCUT2D eigenvalue weighted by atomic mass is 16.5. The summed E-state index contributed by atoms with van der Waals surface area (Å²) in [6.45, 7) is 14.7. The van der Waals surface area contributed by atoms with Crippen molar-refractivity contribution in [2.75, 3.05) is 6.54 Å². The maximum absolute atomic E-state index is 12.6. The second kappa shape index (κ2) is 13.4. The van der Waals surface area contributed by atoms with Gasteiger partial charge < -0.3 is 31.1 Å². The smallest absolute Gasteiger partial charge is 0.320 e. The molecule has 8 heteroatoms. The van der Waals surface area contributed by atoms with Crippen LogP contribution in [0.1, 0.15) is 73.3 Å². The number of carbonyl (C=O) groups excluding carboxylic acids is 1. The van der Waals surface area contributed by atoms with Crippen LogP contribution in [0.4, 0.5) is 0 Å². The molecule has 0 unspecified atom stereocenters. The molecular formula is C24H42N2O6. The number of aliphatic carboxylic acids is 1. The zero-order valence-corrected chi connectivity index (χ0v) is 20.5. The van der Waals surface area contributed by atoms with E-state index in [4.69, 9.17) is 15.3 Å². The summed E-state index contributed by atoms with van der Waals surface area (Å²) in [6, 6.07) is 6.29. The molecule has 0 aliphatic carbocycles. The number of aliphatic hydroxyl groups excluding tert-OH is 1. The summed E-state index contributed by atoms with van der Waals surface area (Å²) in [4.78, 5) is 23.1. The van der Waals surface area contributed by atoms with E-state index in [-0.39, 0.29) is 36.0 Å². The van der Waals surface area contributed by atoms with Crippen molar-refractivity contribution in [3.63, 3.8) is 0 Å². The van der Waals surface area contributed by atoms with Gasteiger partial charge in [0.2, 0.25) is 5.91 Å². The molecule has 0 radical (unpaired) electrons. The number of phenolic OH excluding ortho intramolecular Hbond substituents is 1. The Morgan fingerprint density at radius 2 is 1.50 bits per heavy atom. The number of aliphatic hydroxyl groups is 2. The lowest BCUT2D eigenvalue weighted by molar-refractivity contribution is -0.140. The third-order valence-corrected chi connectivity index (χ3v) is 5.38.